The molecule has 0 saturated heterocycles. The predicted molar refractivity (Wildman–Crippen MR) is 76.4 cm³/mol. The highest BCUT2D eigenvalue weighted by atomic mass is 35.5. The number of hydrazine groups is 1. The zero-order valence-electron chi connectivity index (χ0n) is 11.4. The summed E-state index contributed by atoms with van der Waals surface area (Å²) in [5, 5.41) is 0.387. The van der Waals surface area contributed by atoms with E-state index in [0.29, 0.717) is 22.1 Å². The fourth-order valence-electron chi connectivity index (χ4n) is 1.73. The Morgan fingerprint density at radius 1 is 1.14 bits per heavy atom. The molecule has 0 atom stereocenters. The molecule has 0 bridgehead atoms. The first-order chi connectivity index (χ1) is 10.0. The Morgan fingerprint density at radius 2 is 1.81 bits per heavy atom. The molecule has 7 heteroatoms. The van der Waals surface area contributed by atoms with Gasteiger partial charge in [-0.15, -0.1) is 0 Å². The highest BCUT2D eigenvalue weighted by Gasteiger charge is 2.16. The van der Waals surface area contributed by atoms with E-state index in [1.165, 1.54) is 25.5 Å². The van der Waals surface area contributed by atoms with E-state index in [2.05, 4.69) is 10.9 Å². The first-order valence-electron chi connectivity index (χ1n) is 6.01. The normalized spacial score (nSPS) is 10.0. The predicted octanol–water partition coefficient (Wildman–Crippen LogP) is 2.32. The summed E-state index contributed by atoms with van der Waals surface area (Å²) in [4.78, 5) is 23.9. The highest BCUT2D eigenvalue weighted by Crippen LogP contribution is 2.22. The number of furan rings is 1. The van der Waals surface area contributed by atoms with Crippen molar-refractivity contribution in [3.05, 3.63) is 52.4 Å². The second kappa shape index (κ2) is 6.32. The maximum absolute atomic E-state index is 12.0. The summed E-state index contributed by atoms with van der Waals surface area (Å²) in [6, 6.07) is 6.13. The molecule has 0 aliphatic rings. The van der Waals surface area contributed by atoms with Crippen LogP contribution in [0.5, 0.6) is 5.75 Å². The molecular formula is C14H13ClN2O4. The number of carbonyl (C=O) groups is 2. The largest absolute Gasteiger partial charge is 0.496 e. The van der Waals surface area contributed by atoms with Crippen LogP contribution < -0.4 is 15.6 Å². The van der Waals surface area contributed by atoms with Crippen molar-refractivity contribution in [1.29, 1.82) is 0 Å². The van der Waals surface area contributed by atoms with E-state index >= 15 is 0 Å². The molecule has 0 aliphatic heterocycles. The molecule has 0 fully saturated rings. The third-order valence-electron chi connectivity index (χ3n) is 2.80. The van der Waals surface area contributed by atoms with E-state index in [0.717, 1.165) is 0 Å². The fourth-order valence-corrected chi connectivity index (χ4v) is 1.90. The topological polar surface area (TPSA) is 80.6 Å². The van der Waals surface area contributed by atoms with E-state index in [-0.39, 0.29) is 5.56 Å². The lowest BCUT2D eigenvalue weighted by atomic mass is 10.2. The Hall–Kier alpha value is -2.47. The van der Waals surface area contributed by atoms with Crippen LogP contribution in [-0.4, -0.2) is 18.9 Å². The molecule has 110 valence electrons. The lowest BCUT2D eigenvalue weighted by Gasteiger charge is -2.10. The Kier molecular flexibility index (Phi) is 4.49. The summed E-state index contributed by atoms with van der Waals surface area (Å²) < 4.78 is 10.1. The Morgan fingerprint density at radius 3 is 2.38 bits per heavy atom. The Labute approximate surface area is 126 Å². The molecule has 0 aliphatic carbocycles. The van der Waals surface area contributed by atoms with Gasteiger partial charge in [0, 0.05) is 5.02 Å². The van der Waals surface area contributed by atoms with Crippen LogP contribution >= 0.6 is 11.6 Å². The van der Waals surface area contributed by atoms with Gasteiger partial charge in [-0.3, -0.25) is 20.4 Å². The van der Waals surface area contributed by atoms with E-state index in [4.69, 9.17) is 20.8 Å². The highest BCUT2D eigenvalue weighted by molar-refractivity contribution is 6.31. The van der Waals surface area contributed by atoms with Gasteiger partial charge in [0.25, 0.3) is 11.8 Å². The van der Waals surface area contributed by atoms with Gasteiger partial charge in [-0.05, 0) is 31.2 Å². The molecule has 21 heavy (non-hydrogen) atoms. The number of hydrogen-bond acceptors (Lipinski definition) is 4. The molecule has 0 spiro atoms. The van der Waals surface area contributed by atoms with E-state index in [1.807, 2.05) is 0 Å². The lowest BCUT2D eigenvalue weighted by Crippen LogP contribution is -2.41. The first kappa shape index (κ1) is 14.9. The van der Waals surface area contributed by atoms with Gasteiger partial charge in [0.05, 0.1) is 24.5 Å². The van der Waals surface area contributed by atoms with Crippen molar-refractivity contribution in [1.82, 2.24) is 10.9 Å². The lowest BCUT2D eigenvalue weighted by molar-refractivity contribution is 0.0844. The minimum absolute atomic E-state index is 0.217. The van der Waals surface area contributed by atoms with Gasteiger partial charge in [0.1, 0.15) is 11.5 Å². The first-order valence-corrected chi connectivity index (χ1v) is 6.39. The Balaban J connectivity index is 2.07. The van der Waals surface area contributed by atoms with Crippen LogP contribution in [-0.2, 0) is 0 Å². The number of halogens is 1. The maximum atomic E-state index is 12.0. The molecule has 1 aromatic heterocycles. The van der Waals surface area contributed by atoms with Crippen LogP contribution in [0.2, 0.25) is 5.02 Å². The number of hydrogen-bond donors (Lipinski definition) is 2. The standard InChI is InChI=1S/C14H13ClN2O4/c1-8-10(5-6-21-8)13(18)16-17-14(19)11-7-9(15)3-4-12(11)20-2/h3-7H,1-2H3,(H,16,18)(H,17,19). The summed E-state index contributed by atoms with van der Waals surface area (Å²) in [5.74, 6) is -0.202. The number of nitrogens with one attached hydrogen (secondary N) is 2. The van der Waals surface area contributed by atoms with Crippen molar-refractivity contribution in [3.63, 3.8) is 0 Å². The summed E-state index contributed by atoms with van der Waals surface area (Å²) in [6.07, 6.45) is 1.39. The van der Waals surface area contributed by atoms with Crippen molar-refractivity contribution >= 4 is 23.4 Å². The molecule has 2 aromatic rings. The molecular weight excluding hydrogens is 296 g/mol. The van der Waals surface area contributed by atoms with Crippen molar-refractivity contribution in [2.45, 2.75) is 6.92 Å². The second-order valence-corrected chi connectivity index (χ2v) is 4.58. The van der Waals surface area contributed by atoms with Gasteiger partial charge in [-0.2, -0.15) is 0 Å². The van der Waals surface area contributed by atoms with Crippen molar-refractivity contribution in [2.24, 2.45) is 0 Å². The van der Waals surface area contributed by atoms with Crippen LogP contribution in [0.1, 0.15) is 26.5 Å². The molecule has 1 heterocycles. The number of methoxy groups -OCH3 is 1. The fraction of sp³-hybridized carbons (Fsp3) is 0.143. The molecule has 0 unspecified atom stereocenters. The third kappa shape index (κ3) is 3.35. The molecule has 2 N–H and O–H groups in total. The minimum atomic E-state index is -0.538. The van der Waals surface area contributed by atoms with Crippen LogP contribution in [0.15, 0.2) is 34.9 Å². The van der Waals surface area contributed by atoms with Gasteiger partial charge in [-0.25, -0.2) is 0 Å². The monoisotopic (exact) mass is 308 g/mol. The summed E-state index contributed by atoms with van der Waals surface area (Å²) >= 11 is 5.85. The maximum Gasteiger partial charge on any atom is 0.273 e. The second-order valence-electron chi connectivity index (χ2n) is 4.14. The van der Waals surface area contributed by atoms with Gasteiger partial charge in [0.15, 0.2) is 0 Å². The van der Waals surface area contributed by atoms with Crippen molar-refractivity contribution in [3.8, 4) is 5.75 Å². The molecule has 6 nitrogen and oxygen atoms in total. The van der Waals surface area contributed by atoms with Gasteiger partial charge < -0.3 is 9.15 Å². The van der Waals surface area contributed by atoms with Crippen LogP contribution in [0.3, 0.4) is 0 Å². The average Bonchev–Trinajstić information content (AvgIpc) is 2.90. The van der Waals surface area contributed by atoms with Crippen molar-refractivity contribution in [2.75, 3.05) is 7.11 Å². The number of ether oxygens (including phenoxy) is 1. The van der Waals surface area contributed by atoms with Crippen LogP contribution in [0.4, 0.5) is 0 Å². The SMILES string of the molecule is COc1ccc(Cl)cc1C(=O)NNC(=O)c1ccoc1C. The van der Waals surface area contributed by atoms with E-state index in [1.54, 1.807) is 19.1 Å². The summed E-state index contributed by atoms with van der Waals surface area (Å²) in [5.41, 5.74) is 5.15. The van der Waals surface area contributed by atoms with Gasteiger partial charge in [0.2, 0.25) is 0 Å². The molecule has 1 aromatic carbocycles. The van der Waals surface area contributed by atoms with Gasteiger partial charge >= 0.3 is 0 Å². The van der Waals surface area contributed by atoms with E-state index < -0.39 is 11.8 Å². The molecule has 0 radical (unpaired) electrons. The van der Waals surface area contributed by atoms with E-state index in [9.17, 15) is 9.59 Å². The summed E-state index contributed by atoms with van der Waals surface area (Å²) in [6.45, 7) is 1.65. The number of benzene rings is 1. The van der Waals surface area contributed by atoms with Crippen LogP contribution in [0.25, 0.3) is 0 Å². The zero-order valence-corrected chi connectivity index (χ0v) is 12.2. The van der Waals surface area contributed by atoms with Gasteiger partial charge in [-0.1, -0.05) is 11.6 Å². The number of rotatable bonds is 3. The summed E-state index contributed by atoms with van der Waals surface area (Å²) in [7, 11) is 1.44. The molecule has 0 saturated carbocycles. The third-order valence-corrected chi connectivity index (χ3v) is 3.03. The number of amides is 2. The smallest absolute Gasteiger partial charge is 0.273 e. The number of aryl methyl sites for hydroxylation is 1. The number of carbonyl (C=O) groups excluding carboxylic acids is 2. The van der Waals surface area contributed by atoms with Crippen molar-refractivity contribution < 1.29 is 18.7 Å². The van der Waals surface area contributed by atoms with Crippen LogP contribution in [0, 0.1) is 6.92 Å². The zero-order chi connectivity index (χ0) is 15.4. The molecule has 2 rings (SSSR count). The average molecular weight is 309 g/mol. The Bertz CT molecular complexity index is 681. The minimum Gasteiger partial charge on any atom is -0.496 e. The quantitative estimate of drug-likeness (QED) is 0.853. The molecule has 2 amide bonds.